The predicted molar refractivity (Wildman–Crippen MR) is 82.8 cm³/mol. The first-order valence-corrected chi connectivity index (χ1v) is 6.80. The van der Waals surface area contributed by atoms with Crippen molar-refractivity contribution in [1.82, 2.24) is 0 Å². The molecule has 1 N–H and O–H groups in total. The Morgan fingerprint density at radius 1 is 1.20 bits per heavy atom. The zero-order valence-electron chi connectivity index (χ0n) is 11.2. The van der Waals surface area contributed by atoms with E-state index in [0.717, 1.165) is 5.69 Å². The highest BCUT2D eigenvalue weighted by Crippen LogP contribution is 2.21. The van der Waals surface area contributed by atoms with Crippen molar-refractivity contribution in [3.8, 4) is 0 Å². The van der Waals surface area contributed by atoms with E-state index in [9.17, 15) is 9.18 Å². The predicted octanol–water partition coefficient (Wildman–Crippen LogP) is 3.91. The zero-order chi connectivity index (χ0) is 14.7. The average molecular weight is 337 g/mol. The highest BCUT2D eigenvalue weighted by molar-refractivity contribution is 9.10. The molecule has 0 atom stereocenters. The van der Waals surface area contributed by atoms with Crippen molar-refractivity contribution in [3.05, 3.63) is 58.3 Å². The summed E-state index contributed by atoms with van der Waals surface area (Å²) in [5, 5.41) is 2.80. The highest BCUT2D eigenvalue weighted by atomic mass is 79.9. The Bertz CT molecular complexity index is 644. The van der Waals surface area contributed by atoms with E-state index >= 15 is 0 Å². The molecule has 0 aromatic heterocycles. The first kappa shape index (κ1) is 14.5. The smallest absolute Gasteiger partial charge is 0.256 e. The average Bonchev–Trinajstić information content (AvgIpc) is 2.38. The highest BCUT2D eigenvalue weighted by Gasteiger charge is 2.11. The van der Waals surface area contributed by atoms with Crippen LogP contribution in [0.1, 0.15) is 10.4 Å². The Labute approximate surface area is 125 Å². The van der Waals surface area contributed by atoms with E-state index < -0.39 is 0 Å². The molecular formula is C15H14BrFN2O. The van der Waals surface area contributed by atoms with Crippen molar-refractivity contribution < 1.29 is 9.18 Å². The van der Waals surface area contributed by atoms with Crippen LogP contribution >= 0.6 is 15.9 Å². The summed E-state index contributed by atoms with van der Waals surface area (Å²) in [6.07, 6.45) is 0. The fourth-order valence-electron chi connectivity index (χ4n) is 1.73. The first-order chi connectivity index (χ1) is 9.47. The second kappa shape index (κ2) is 6.05. The van der Waals surface area contributed by atoms with Crippen molar-refractivity contribution in [2.75, 3.05) is 24.3 Å². The van der Waals surface area contributed by atoms with Crippen LogP contribution in [0.2, 0.25) is 0 Å². The van der Waals surface area contributed by atoms with Gasteiger partial charge in [-0.15, -0.1) is 0 Å². The summed E-state index contributed by atoms with van der Waals surface area (Å²) in [6, 6.07) is 11.5. The van der Waals surface area contributed by atoms with Gasteiger partial charge in [0, 0.05) is 29.9 Å². The molecule has 0 unspecified atom stereocenters. The largest absolute Gasteiger partial charge is 0.378 e. The molecule has 2 aromatic rings. The van der Waals surface area contributed by atoms with Gasteiger partial charge < -0.3 is 10.2 Å². The van der Waals surface area contributed by atoms with Crippen molar-refractivity contribution in [2.45, 2.75) is 0 Å². The fraction of sp³-hybridized carbons (Fsp3) is 0.133. The molecule has 2 aromatic carbocycles. The third-order valence-corrected chi connectivity index (χ3v) is 3.45. The number of carbonyl (C=O) groups is 1. The van der Waals surface area contributed by atoms with Gasteiger partial charge in [0.1, 0.15) is 5.82 Å². The molecule has 0 radical (unpaired) electrons. The number of benzene rings is 2. The lowest BCUT2D eigenvalue weighted by Gasteiger charge is -2.14. The lowest BCUT2D eigenvalue weighted by Crippen LogP contribution is -2.14. The van der Waals surface area contributed by atoms with Gasteiger partial charge in [-0.25, -0.2) is 4.39 Å². The van der Waals surface area contributed by atoms with E-state index in [-0.39, 0.29) is 11.7 Å². The molecule has 0 saturated heterocycles. The van der Waals surface area contributed by atoms with Crippen molar-refractivity contribution in [3.63, 3.8) is 0 Å². The van der Waals surface area contributed by atoms with Gasteiger partial charge in [0.25, 0.3) is 5.91 Å². The molecule has 0 aliphatic heterocycles. The number of hydrogen-bond acceptors (Lipinski definition) is 2. The van der Waals surface area contributed by atoms with Gasteiger partial charge in [-0.1, -0.05) is 6.07 Å². The fourth-order valence-corrected chi connectivity index (χ4v) is 2.26. The van der Waals surface area contributed by atoms with Gasteiger partial charge in [-0.2, -0.15) is 0 Å². The first-order valence-electron chi connectivity index (χ1n) is 6.01. The standard InChI is InChI=1S/C15H14BrFN2O/c1-19(2)12-5-3-4-11(9-12)18-15(20)13-7-6-10(17)8-14(13)16/h3-9H,1-2H3,(H,18,20). The molecule has 0 spiro atoms. The molecule has 0 bridgehead atoms. The minimum absolute atomic E-state index is 0.284. The van der Waals surface area contributed by atoms with Crippen LogP contribution < -0.4 is 10.2 Å². The molecule has 0 saturated carbocycles. The molecule has 20 heavy (non-hydrogen) atoms. The van der Waals surface area contributed by atoms with E-state index in [2.05, 4.69) is 21.2 Å². The lowest BCUT2D eigenvalue weighted by atomic mass is 10.2. The second-order valence-corrected chi connectivity index (χ2v) is 5.38. The van der Waals surface area contributed by atoms with Gasteiger partial charge in [-0.05, 0) is 52.3 Å². The van der Waals surface area contributed by atoms with Crippen LogP contribution in [0.3, 0.4) is 0 Å². The molecule has 0 aliphatic carbocycles. The maximum atomic E-state index is 13.0. The Balaban J connectivity index is 2.21. The second-order valence-electron chi connectivity index (χ2n) is 4.52. The third-order valence-electron chi connectivity index (χ3n) is 2.80. The number of hydrogen-bond donors (Lipinski definition) is 1. The normalized spacial score (nSPS) is 10.2. The maximum absolute atomic E-state index is 13.0. The molecule has 3 nitrogen and oxygen atoms in total. The summed E-state index contributed by atoms with van der Waals surface area (Å²) in [6.45, 7) is 0. The van der Waals surface area contributed by atoms with Crippen LogP contribution in [0.25, 0.3) is 0 Å². The van der Waals surface area contributed by atoms with Gasteiger partial charge in [0.05, 0.1) is 5.56 Å². The van der Waals surface area contributed by atoms with E-state index in [1.807, 2.05) is 43.3 Å². The van der Waals surface area contributed by atoms with Crippen LogP contribution in [-0.4, -0.2) is 20.0 Å². The van der Waals surface area contributed by atoms with Crippen molar-refractivity contribution in [1.29, 1.82) is 0 Å². The molecule has 0 fully saturated rings. The number of nitrogens with one attached hydrogen (secondary N) is 1. The lowest BCUT2D eigenvalue weighted by molar-refractivity contribution is 0.102. The van der Waals surface area contributed by atoms with E-state index in [4.69, 9.17) is 0 Å². The Hall–Kier alpha value is -1.88. The molecule has 2 rings (SSSR count). The molecule has 0 aliphatic rings. The van der Waals surface area contributed by atoms with Crippen LogP contribution in [0.15, 0.2) is 46.9 Å². The zero-order valence-corrected chi connectivity index (χ0v) is 12.7. The minimum Gasteiger partial charge on any atom is -0.378 e. The number of rotatable bonds is 3. The summed E-state index contributed by atoms with van der Waals surface area (Å²) >= 11 is 3.19. The Kier molecular flexibility index (Phi) is 4.39. The van der Waals surface area contributed by atoms with Gasteiger partial charge >= 0.3 is 0 Å². The number of carbonyl (C=O) groups excluding carboxylic acids is 1. The van der Waals surface area contributed by atoms with Crippen LogP contribution in [0.4, 0.5) is 15.8 Å². The minimum atomic E-state index is -0.386. The summed E-state index contributed by atoms with van der Waals surface area (Å²) in [4.78, 5) is 14.1. The number of anilines is 2. The van der Waals surface area contributed by atoms with Gasteiger partial charge in [0.15, 0.2) is 0 Å². The summed E-state index contributed by atoms with van der Waals surface area (Å²) in [5.74, 6) is -0.671. The third kappa shape index (κ3) is 3.36. The molecule has 104 valence electrons. The summed E-state index contributed by atoms with van der Waals surface area (Å²) in [7, 11) is 3.86. The van der Waals surface area contributed by atoms with E-state index in [1.54, 1.807) is 0 Å². The molecule has 1 amide bonds. The molecule has 0 heterocycles. The van der Waals surface area contributed by atoms with Gasteiger partial charge in [-0.3, -0.25) is 4.79 Å². The van der Waals surface area contributed by atoms with Crippen LogP contribution in [-0.2, 0) is 0 Å². The topological polar surface area (TPSA) is 32.3 Å². The van der Waals surface area contributed by atoms with E-state index in [0.29, 0.717) is 15.7 Å². The monoisotopic (exact) mass is 336 g/mol. The molecule has 5 heteroatoms. The quantitative estimate of drug-likeness (QED) is 0.921. The summed E-state index contributed by atoms with van der Waals surface area (Å²) in [5.41, 5.74) is 2.07. The van der Waals surface area contributed by atoms with E-state index in [1.165, 1.54) is 18.2 Å². The number of nitrogens with zero attached hydrogens (tertiary/aromatic N) is 1. The molecular weight excluding hydrogens is 323 g/mol. The Morgan fingerprint density at radius 3 is 2.60 bits per heavy atom. The Morgan fingerprint density at radius 2 is 1.95 bits per heavy atom. The summed E-state index contributed by atoms with van der Waals surface area (Å²) < 4.78 is 13.4. The number of halogens is 2. The van der Waals surface area contributed by atoms with Crippen molar-refractivity contribution >= 4 is 33.2 Å². The van der Waals surface area contributed by atoms with Crippen molar-refractivity contribution in [2.24, 2.45) is 0 Å². The SMILES string of the molecule is CN(C)c1cccc(NC(=O)c2ccc(F)cc2Br)c1. The van der Waals surface area contributed by atoms with Crippen LogP contribution in [0.5, 0.6) is 0 Å². The number of amides is 1. The maximum Gasteiger partial charge on any atom is 0.256 e. The van der Waals surface area contributed by atoms with Gasteiger partial charge in [0.2, 0.25) is 0 Å². The van der Waals surface area contributed by atoms with Crippen LogP contribution in [0, 0.1) is 5.82 Å².